The maximum absolute atomic E-state index is 13.2. The predicted molar refractivity (Wildman–Crippen MR) is 219 cm³/mol. The van der Waals surface area contributed by atoms with E-state index in [-0.39, 0.29) is 26.4 Å². The zero-order valence-corrected chi connectivity index (χ0v) is 34.4. The number of nitrogens with zero attached hydrogens (tertiary/aromatic N) is 1. The third kappa shape index (κ3) is 12.0. The molecule has 0 aromatic heterocycles. The van der Waals surface area contributed by atoms with Gasteiger partial charge < -0.3 is 20.9 Å². The van der Waals surface area contributed by atoms with Gasteiger partial charge in [-0.05, 0) is 92.1 Å². The number of anilines is 6. The number of rotatable bonds is 15. The molecule has 0 saturated carbocycles. The molecule has 7 nitrogen and oxygen atoms in total. The fourth-order valence-electron chi connectivity index (χ4n) is 6.17. The lowest BCUT2D eigenvalue weighted by Gasteiger charge is -2.30. The van der Waals surface area contributed by atoms with E-state index in [2.05, 4.69) is 80.4 Å². The average molecular weight is 809 g/mol. The Morgan fingerprint density at radius 1 is 0.520 bits per heavy atom. The zero-order chi connectivity index (χ0) is 37.7. The van der Waals surface area contributed by atoms with Gasteiger partial charge in [0.25, 0.3) is 0 Å². The Morgan fingerprint density at radius 2 is 0.780 bits per heavy atom. The van der Waals surface area contributed by atoms with Crippen LogP contribution in [0.2, 0.25) is 6.32 Å². The van der Waals surface area contributed by atoms with E-state index in [4.69, 9.17) is 7.85 Å². The Hall–Kier alpha value is -3.11. The smallest absolute Gasteiger partial charge is 0.230 e. The van der Waals surface area contributed by atoms with Crippen LogP contribution < -0.4 is 20.9 Å². The van der Waals surface area contributed by atoms with Crippen molar-refractivity contribution in [2.45, 2.75) is 103 Å². The number of carbonyl (C=O) groups excluding carboxylic acids is 3. The maximum Gasteiger partial charge on any atom is 0.230 e. The van der Waals surface area contributed by atoms with E-state index in [0.717, 1.165) is 17.1 Å². The summed E-state index contributed by atoms with van der Waals surface area (Å²) < 4.78 is -0.341. The molecule has 0 atom stereocenters. The van der Waals surface area contributed by atoms with E-state index in [1.54, 1.807) is 0 Å². The van der Waals surface area contributed by atoms with Crippen LogP contribution in [0, 0.1) is 16.2 Å². The van der Waals surface area contributed by atoms with Crippen LogP contribution in [0.5, 0.6) is 0 Å². The van der Waals surface area contributed by atoms with Crippen LogP contribution in [0.25, 0.3) is 0 Å². The first-order valence-electron chi connectivity index (χ1n) is 17.1. The highest BCUT2D eigenvalue weighted by Crippen LogP contribution is 2.39. The first-order valence-corrected chi connectivity index (χ1v) is 18.6. The van der Waals surface area contributed by atoms with Gasteiger partial charge in [-0.15, -0.1) is 0 Å². The number of carbonyl (C=O) groups is 3. The van der Waals surface area contributed by atoms with Crippen LogP contribution in [-0.2, 0) is 14.4 Å². The molecule has 0 aliphatic rings. The molecule has 50 heavy (non-hydrogen) atoms. The lowest BCUT2D eigenvalue weighted by atomic mass is 9.82. The molecule has 0 saturated heterocycles. The largest absolute Gasteiger partial charge is 0.326 e. The highest BCUT2D eigenvalue weighted by molar-refractivity contribution is 9.10. The van der Waals surface area contributed by atoms with Crippen molar-refractivity contribution in [2.75, 3.05) is 20.9 Å². The van der Waals surface area contributed by atoms with Gasteiger partial charge >= 0.3 is 0 Å². The second-order valence-electron chi connectivity index (χ2n) is 16.3. The van der Waals surface area contributed by atoms with Crippen LogP contribution in [0.15, 0.2) is 72.8 Å². The summed E-state index contributed by atoms with van der Waals surface area (Å²) in [5.41, 5.74) is 2.92. The average Bonchev–Trinajstić information content (AvgIpc) is 2.97. The minimum absolute atomic E-state index is 0.0533. The molecular formula is C40H53BBr2N4O3. The number of alkyl halides is 2. The molecule has 0 spiro atoms. The molecular weight excluding hydrogens is 755 g/mol. The van der Waals surface area contributed by atoms with Crippen molar-refractivity contribution in [2.24, 2.45) is 16.2 Å². The molecule has 268 valence electrons. The summed E-state index contributed by atoms with van der Waals surface area (Å²) in [5.74, 6) is -0.196. The van der Waals surface area contributed by atoms with Crippen molar-refractivity contribution in [3.63, 3.8) is 0 Å². The fraction of sp³-hybridized carbons (Fsp3) is 0.475. The van der Waals surface area contributed by atoms with Crippen molar-refractivity contribution < 1.29 is 14.4 Å². The molecule has 0 aliphatic heterocycles. The molecule has 0 heterocycles. The number of amides is 3. The number of hydrogen-bond acceptors (Lipinski definition) is 4. The molecule has 3 rings (SSSR count). The normalized spacial score (nSPS) is 12.6. The SMILES string of the molecule is [B]CCC(C)(C)C(=O)Nc1ccc(N(c2ccc(NC(=O)C(C)(C)CC(C)(C)Br)cc2)c2ccc(NC(=O)C(C)(C)CC(C)(C)Br)cc2)cc1. The number of nitrogens with one attached hydrogen (secondary N) is 3. The number of hydrogen-bond donors (Lipinski definition) is 3. The van der Waals surface area contributed by atoms with Gasteiger partial charge in [0.15, 0.2) is 0 Å². The van der Waals surface area contributed by atoms with Gasteiger partial charge in [-0.1, -0.05) is 107 Å². The van der Waals surface area contributed by atoms with E-state index >= 15 is 0 Å². The zero-order valence-electron chi connectivity index (χ0n) is 31.3. The van der Waals surface area contributed by atoms with E-state index in [0.29, 0.717) is 42.6 Å². The van der Waals surface area contributed by atoms with Crippen LogP contribution in [0.1, 0.15) is 88.5 Å². The molecule has 0 fully saturated rings. The van der Waals surface area contributed by atoms with Crippen molar-refractivity contribution in [3.05, 3.63) is 72.8 Å². The Balaban J connectivity index is 1.93. The highest BCUT2D eigenvalue weighted by atomic mass is 79.9. The van der Waals surface area contributed by atoms with Gasteiger partial charge in [-0.25, -0.2) is 0 Å². The van der Waals surface area contributed by atoms with Crippen molar-refractivity contribution in [1.82, 2.24) is 0 Å². The maximum atomic E-state index is 13.2. The fourth-order valence-corrected chi connectivity index (χ4v) is 7.57. The van der Waals surface area contributed by atoms with E-state index in [1.807, 2.05) is 114 Å². The van der Waals surface area contributed by atoms with Crippen molar-refractivity contribution >= 4 is 91.6 Å². The van der Waals surface area contributed by atoms with Crippen LogP contribution in [-0.4, -0.2) is 34.2 Å². The van der Waals surface area contributed by atoms with Gasteiger partial charge in [0.2, 0.25) is 17.7 Å². The third-order valence-corrected chi connectivity index (χ3v) is 9.05. The summed E-state index contributed by atoms with van der Waals surface area (Å²) in [7, 11) is 5.73. The standard InChI is InChI=1S/C40H53BBr2N4O3/c1-36(2,23-24-41)33(48)44-27-11-17-30(18-12-27)47(31-19-13-28(14-20-31)45-34(49)37(3,4)25-39(7,8)42)32-21-15-29(16-22-32)46-35(50)38(5,6)26-40(9,10)43/h11-22H,23-26H2,1-10H3,(H,44,48)(H,45,49)(H,46,50). The van der Waals surface area contributed by atoms with Gasteiger partial charge in [-0.3, -0.25) is 14.4 Å². The molecule has 10 heteroatoms. The summed E-state index contributed by atoms with van der Waals surface area (Å²) >= 11 is 7.34. The van der Waals surface area contributed by atoms with Gasteiger partial charge in [-0.2, -0.15) is 0 Å². The van der Waals surface area contributed by atoms with Crippen molar-refractivity contribution in [3.8, 4) is 0 Å². The Bertz CT molecular complexity index is 1540. The van der Waals surface area contributed by atoms with Crippen LogP contribution in [0.3, 0.4) is 0 Å². The summed E-state index contributed by atoms with van der Waals surface area (Å²) in [6.45, 7) is 19.8. The summed E-state index contributed by atoms with van der Waals surface area (Å²) in [5, 5.41) is 9.18. The Labute approximate surface area is 317 Å². The number of benzene rings is 3. The second kappa shape index (κ2) is 16.1. The Kier molecular flexibility index (Phi) is 13.3. The lowest BCUT2D eigenvalue weighted by molar-refractivity contribution is -0.125. The topological polar surface area (TPSA) is 90.5 Å². The monoisotopic (exact) mass is 806 g/mol. The highest BCUT2D eigenvalue weighted by Gasteiger charge is 2.35. The minimum atomic E-state index is -0.590. The molecule has 3 aromatic rings. The third-order valence-electron chi connectivity index (χ3n) is 8.49. The van der Waals surface area contributed by atoms with Gasteiger partial charge in [0, 0.05) is 59.0 Å². The van der Waals surface area contributed by atoms with Crippen LogP contribution in [0.4, 0.5) is 34.1 Å². The van der Waals surface area contributed by atoms with E-state index in [1.165, 1.54) is 0 Å². The molecule has 0 aliphatic carbocycles. The number of halogens is 2. The Morgan fingerprint density at radius 3 is 1.02 bits per heavy atom. The molecule has 3 N–H and O–H groups in total. The van der Waals surface area contributed by atoms with E-state index in [9.17, 15) is 14.4 Å². The lowest BCUT2D eigenvalue weighted by Crippen LogP contribution is -2.35. The first-order chi connectivity index (χ1) is 22.9. The second-order valence-corrected chi connectivity index (χ2v) is 20.6. The summed E-state index contributed by atoms with van der Waals surface area (Å²) in [4.78, 5) is 41.4. The molecule has 3 amide bonds. The summed E-state index contributed by atoms with van der Waals surface area (Å²) in [6, 6.07) is 23.1. The molecule has 3 aromatic carbocycles. The van der Waals surface area contributed by atoms with Gasteiger partial charge in [0.1, 0.15) is 0 Å². The van der Waals surface area contributed by atoms with Crippen molar-refractivity contribution in [1.29, 1.82) is 0 Å². The molecule has 0 bridgehead atoms. The predicted octanol–water partition coefficient (Wildman–Crippen LogP) is 11.2. The molecule has 2 radical (unpaired) electrons. The first kappa shape index (κ1) is 41.3. The van der Waals surface area contributed by atoms with Gasteiger partial charge in [0.05, 0.1) is 7.85 Å². The van der Waals surface area contributed by atoms with Crippen LogP contribution >= 0.6 is 31.9 Å². The van der Waals surface area contributed by atoms with E-state index < -0.39 is 16.2 Å². The molecule has 0 unspecified atom stereocenters. The minimum Gasteiger partial charge on any atom is -0.326 e. The summed E-state index contributed by atoms with van der Waals surface area (Å²) in [6.07, 6.45) is 2.34. The quantitative estimate of drug-likeness (QED) is 0.105.